The topological polar surface area (TPSA) is 35.8 Å². The molecule has 0 bridgehead atoms. The number of nitrogens with zero attached hydrogens (tertiary/aromatic N) is 1. The van der Waals surface area contributed by atoms with Gasteiger partial charge in [0.15, 0.2) is 0 Å². The highest BCUT2D eigenvalue weighted by Gasteiger charge is 2.06. The molecule has 0 fully saturated rings. The molecule has 0 aromatic heterocycles. The van der Waals surface area contributed by atoms with Crippen molar-refractivity contribution in [3.8, 4) is 6.07 Å². The average molecular weight is 401 g/mol. The van der Waals surface area contributed by atoms with Crippen LogP contribution in [0.25, 0.3) is 0 Å². The van der Waals surface area contributed by atoms with E-state index in [9.17, 15) is 0 Å². The maximum Gasteiger partial charge on any atom is 0.0992 e. The van der Waals surface area contributed by atoms with E-state index in [2.05, 4.69) is 43.2 Å². The van der Waals surface area contributed by atoms with Gasteiger partial charge in [-0.1, -0.05) is 23.7 Å². The van der Waals surface area contributed by atoms with E-state index in [0.717, 1.165) is 20.2 Å². The van der Waals surface area contributed by atoms with Crippen molar-refractivity contribution in [3.63, 3.8) is 0 Å². The van der Waals surface area contributed by atoms with Crippen LogP contribution in [-0.2, 0) is 6.54 Å². The number of nitriles is 1. The van der Waals surface area contributed by atoms with Crippen molar-refractivity contribution in [2.24, 2.45) is 0 Å². The minimum atomic E-state index is 0.566. The number of rotatable bonds is 3. The number of hydrogen-bond acceptors (Lipinski definition) is 2. The van der Waals surface area contributed by atoms with Crippen molar-refractivity contribution in [1.29, 1.82) is 5.26 Å². The van der Waals surface area contributed by atoms with Crippen molar-refractivity contribution in [2.75, 3.05) is 5.32 Å². The maximum atomic E-state index is 8.80. The van der Waals surface area contributed by atoms with Gasteiger partial charge >= 0.3 is 0 Å². The highest BCUT2D eigenvalue weighted by Crippen LogP contribution is 2.31. The summed E-state index contributed by atoms with van der Waals surface area (Å²) < 4.78 is 1.96. The van der Waals surface area contributed by atoms with Gasteiger partial charge in [0.05, 0.1) is 17.3 Å². The zero-order valence-corrected chi connectivity index (χ0v) is 13.7. The van der Waals surface area contributed by atoms with E-state index in [4.69, 9.17) is 16.9 Å². The molecule has 0 amide bonds. The summed E-state index contributed by atoms with van der Waals surface area (Å²) in [5, 5.41) is 12.7. The minimum absolute atomic E-state index is 0.566. The molecule has 0 atom stereocenters. The predicted octanol–water partition coefficient (Wildman–Crippen LogP) is 5.35. The van der Waals surface area contributed by atoms with Crippen molar-refractivity contribution < 1.29 is 0 Å². The Hall–Kier alpha value is -1.02. The van der Waals surface area contributed by atoms with Gasteiger partial charge in [-0.25, -0.2) is 0 Å². The molecule has 0 unspecified atom stereocenters. The van der Waals surface area contributed by atoms with Crippen molar-refractivity contribution in [1.82, 2.24) is 0 Å². The molecule has 0 saturated heterocycles. The molecule has 0 aliphatic rings. The molecule has 0 radical (unpaired) electrons. The van der Waals surface area contributed by atoms with Crippen molar-refractivity contribution in [2.45, 2.75) is 6.54 Å². The Morgan fingerprint density at radius 2 is 1.84 bits per heavy atom. The fraction of sp³-hybridized carbons (Fsp3) is 0.0714. The predicted molar refractivity (Wildman–Crippen MR) is 85.3 cm³/mol. The van der Waals surface area contributed by atoms with E-state index >= 15 is 0 Å². The standard InChI is InChI=1S/C14H9Br2ClN2/c15-11-2-1-3-12(16)14(11)19-8-10-5-4-9(7-18)6-13(10)17/h1-6,19H,8H2. The second kappa shape index (κ2) is 6.42. The Morgan fingerprint density at radius 3 is 2.42 bits per heavy atom. The molecule has 0 saturated carbocycles. The molecule has 2 aromatic carbocycles. The molecular weight excluding hydrogens is 391 g/mol. The van der Waals surface area contributed by atoms with Gasteiger partial charge in [-0.15, -0.1) is 0 Å². The molecule has 2 aromatic rings. The number of anilines is 1. The summed E-state index contributed by atoms with van der Waals surface area (Å²) in [6.07, 6.45) is 0. The molecule has 0 aliphatic heterocycles. The maximum absolute atomic E-state index is 8.80. The van der Waals surface area contributed by atoms with Crippen LogP contribution in [-0.4, -0.2) is 0 Å². The first-order valence-corrected chi connectivity index (χ1v) is 7.44. The highest BCUT2D eigenvalue weighted by molar-refractivity contribution is 9.11. The summed E-state index contributed by atoms with van der Waals surface area (Å²) in [5.74, 6) is 0. The van der Waals surface area contributed by atoms with Crippen LogP contribution in [0.1, 0.15) is 11.1 Å². The van der Waals surface area contributed by atoms with Gasteiger partial charge in [-0.05, 0) is 61.7 Å². The van der Waals surface area contributed by atoms with Crippen LogP contribution < -0.4 is 5.32 Å². The third kappa shape index (κ3) is 3.50. The molecule has 0 spiro atoms. The number of hydrogen-bond donors (Lipinski definition) is 1. The Bertz CT molecular complexity index is 630. The van der Waals surface area contributed by atoms with E-state index in [0.29, 0.717) is 17.1 Å². The smallest absolute Gasteiger partial charge is 0.0992 e. The van der Waals surface area contributed by atoms with Crippen LogP contribution >= 0.6 is 43.5 Å². The summed E-state index contributed by atoms with van der Waals surface area (Å²) in [4.78, 5) is 0. The molecule has 19 heavy (non-hydrogen) atoms. The average Bonchev–Trinajstić information content (AvgIpc) is 2.39. The Labute approximate surface area is 133 Å². The van der Waals surface area contributed by atoms with Gasteiger partial charge in [0.1, 0.15) is 0 Å². The first-order chi connectivity index (χ1) is 9.11. The second-order valence-electron chi connectivity index (χ2n) is 3.87. The SMILES string of the molecule is N#Cc1ccc(CNc2c(Br)cccc2Br)c(Cl)c1. The number of para-hydroxylation sites is 1. The first kappa shape index (κ1) is 14.4. The zero-order valence-electron chi connectivity index (χ0n) is 9.75. The van der Waals surface area contributed by atoms with Crippen LogP contribution in [0, 0.1) is 11.3 Å². The van der Waals surface area contributed by atoms with E-state index in [1.54, 1.807) is 12.1 Å². The van der Waals surface area contributed by atoms with Gasteiger partial charge in [0.25, 0.3) is 0 Å². The van der Waals surface area contributed by atoms with Crippen LogP contribution in [0.3, 0.4) is 0 Å². The van der Waals surface area contributed by atoms with Crippen LogP contribution in [0.5, 0.6) is 0 Å². The van der Waals surface area contributed by atoms with Gasteiger partial charge in [-0.2, -0.15) is 5.26 Å². The quantitative estimate of drug-likeness (QED) is 0.754. The molecule has 1 N–H and O–H groups in total. The molecule has 0 heterocycles. The molecule has 0 aliphatic carbocycles. The lowest BCUT2D eigenvalue weighted by Gasteiger charge is -2.11. The van der Waals surface area contributed by atoms with Crippen molar-refractivity contribution in [3.05, 3.63) is 61.5 Å². The van der Waals surface area contributed by atoms with E-state index in [-0.39, 0.29) is 0 Å². The Morgan fingerprint density at radius 1 is 1.16 bits per heavy atom. The second-order valence-corrected chi connectivity index (χ2v) is 5.98. The number of halogens is 3. The van der Waals surface area contributed by atoms with E-state index in [1.165, 1.54) is 0 Å². The van der Waals surface area contributed by atoms with E-state index < -0.39 is 0 Å². The molecule has 96 valence electrons. The fourth-order valence-corrected chi connectivity index (χ4v) is 3.14. The summed E-state index contributed by atoms with van der Waals surface area (Å²) >= 11 is 13.1. The summed E-state index contributed by atoms with van der Waals surface area (Å²) in [6.45, 7) is 0.589. The summed E-state index contributed by atoms with van der Waals surface area (Å²) in [7, 11) is 0. The molecule has 2 rings (SSSR count). The first-order valence-electron chi connectivity index (χ1n) is 5.48. The lowest BCUT2D eigenvalue weighted by atomic mass is 10.1. The number of benzene rings is 2. The van der Waals surface area contributed by atoms with E-state index in [1.807, 2.05) is 24.3 Å². The van der Waals surface area contributed by atoms with Gasteiger partial charge in [0, 0.05) is 20.5 Å². The largest absolute Gasteiger partial charge is 0.379 e. The number of nitrogens with one attached hydrogen (secondary N) is 1. The van der Waals surface area contributed by atoms with Gasteiger partial charge in [0.2, 0.25) is 0 Å². The normalized spacial score (nSPS) is 10.0. The fourth-order valence-electron chi connectivity index (χ4n) is 1.61. The van der Waals surface area contributed by atoms with Crippen molar-refractivity contribution >= 4 is 49.1 Å². The third-order valence-corrected chi connectivity index (χ3v) is 4.27. The van der Waals surface area contributed by atoms with Gasteiger partial charge in [-0.3, -0.25) is 0 Å². The lowest BCUT2D eigenvalue weighted by Crippen LogP contribution is -2.01. The Kier molecular flexibility index (Phi) is 4.87. The lowest BCUT2D eigenvalue weighted by molar-refractivity contribution is 1.14. The monoisotopic (exact) mass is 398 g/mol. The van der Waals surface area contributed by atoms with Crippen LogP contribution in [0.2, 0.25) is 5.02 Å². The van der Waals surface area contributed by atoms with Crippen LogP contribution in [0.15, 0.2) is 45.3 Å². The molecule has 5 heteroatoms. The van der Waals surface area contributed by atoms with Gasteiger partial charge < -0.3 is 5.32 Å². The summed E-state index contributed by atoms with van der Waals surface area (Å²) in [5.41, 5.74) is 2.49. The minimum Gasteiger partial charge on any atom is -0.379 e. The third-order valence-electron chi connectivity index (χ3n) is 2.60. The summed E-state index contributed by atoms with van der Waals surface area (Å²) in [6, 6.07) is 13.2. The zero-order chi connectivity index (χ0) is 13.8. The van der Waals surface area contributed by atoms with Crippen LogP contribution in [0.4, 0.5) is 5.69 Å². The molecule has 2 nitrogen and oxygen atoms in total. The Balaban J connectivity index is 2.17. The molecular formula is C14H9Br2ClN2. The highest BCUT2D eigenvalue weighted by atomic mass is 79.9.